The van der Waals surface area contributed by atoms with Crippen molar-refractivity contribution in [2.45, 2.75) is 52.0 Å². The number of halogens is 2. The molecule has 0 radical (unpaired) electrons. The van der Waals surface area contributed by atoms with Gasteiger partial charge in [-0.25, -0.2) is 0 Å². The first kappa shape index (κ1) is 24.1. The van der Waals surface area contributed by atoms with Gasteiger partial charge in [-0.3, -0.25) is 4.79 Å². The van der Waals surface area contributed by atoms with Gasteiger partial charge in [0.15, 0.2) is 0 Å². The molecular formula is C21H35Cl2N3O. The maximum absolute atomic E-state index is 12.8. The Morgan fingerprint density at radius 1 is 1.07 bits per heavy atom. The van der Waals surface area contributed by atoms with Crippen molar-refractivity contribution in [2.75, 3.05) is 37.6 Å². The minimum Gasteiger partial charge on any atom is -0.372 e. The van der Waals surface area contributed by atoms with E-state index in [2.05, 4.69) is 36.2 Å². The Hall–Kier alpha value is -0.970. The van der Waals surface area contributed by atoms with Crippen LogP contribution in [0.15, 0.2) is 24.3 Å². The summed E-state index contributed by atoms with van der Waals surface area (Å²) < 4.78 is 0. The summed E-state index contributed by atoms with van der Waals surface area (Å²) in [5.41, 5.74) is 2.03. The molecule has 6 heteroatoms. The van der Waals surface area contributed by atoms with Gasteiger partial charge in [-0.15, -0.1) is 24.8 Å². The molecule has 27 heavy (non-hydrogen) atoms. The van der Waals surface area contributed by atoms with Crippen molar-refractivity contribution >= 4 is 36.4 Å². The molecule has 154 valence electrons. The fourth-order valence-electron chi connectivity index (χ4n) is 3.68. The first-order chi connectivity index (χ1) is 12.2. The van der Waals surface area contributed by atoms with Gasteiger partial charge in [0.05, 0.1) is 0 Å². The van der Waals surface area contributed by atoms with Crippen LogP contribution in [0.4, 0.5) is 5.69 Å². The summed E-state index contributed by atoms with van der Waals surface area (Å²) in [6, 6.07) is 8.77. The molecule has 3 rings (SSSR count). The Balaban J connectivity index is 0.00000182. The molecule has 0 aromatic heterocycles. The molecule has 2 fully saturated rings. The topological polar surface area (TPSA) is 35.6 Å². The van der Waals surface area contributed by atoms with Gasteiger partial charge in [-0.1, -0.05) is 6.92 Å². The molecule has 1 aromatic rings. The normalized spacial score (nSPS) is 17.0. The molecule has 0 atom stereocenters. The number of amides is 1. The number of rotatable bonds is 8. The Kier molecular flexibility index (Phi) is 10.5. The molecule has 2 aliphatic rings. The van der Waals surface area contributed by atoms with Gasteiger partial charge in [-0.05, 0) is 75.8 Å². The Labute approximate surface area is 176 Å². The summed E-state index contributed by atoms with van der Waals surface area (Å²) in [6.07, 6.45) is 6.09. The molecule has 1 aliphatic carbocycles. The van der Waals surface area contributed by atoms with Crippen LogP contribution in [0.1, 0.15) is 56.3 Å². The van der Waals surface area contributed by atoms with E-state index in [1.807, 2.05) is 17.0 Å². The van der Waals surface area contributed by atoms with E-state index < -0.39 is 0 Å². The van der Waals surface area contributed by atoms with Crippen molar-refractivity contribution in [3.8, 4) is 0 Å². The molecule has 1 saturated heterocycles. The van der Waals surface area contributed by atoms with Crippen LogP contribution in [-0.4, -0.2) is 49.6 Å². The highest BCUT2D eigenvalue weighted by atomic mass is 35.5. The molecule has 0 bridgehead atoms. The third kappa shape index (κ3) is 6.85. The molecule has 4 nitrogen and oxygen atoms in total. The van der Waals surface area contributed by atoms with Crippen LogP contribution in [0.3, 0.4) is 0 Å². The number of hydrogen-bond acceptors (Lipinski definition) is 3. The first-order valence-corrected chi connectivity index (χ1v) is 10.1. The van der Waals surface area contributed by atoms with Crippen molar-refractivity contribution < 1.29 is 4.79 Å². The van der Waals surface area contributed by atoms with Crippen molar-refractivity contribution in [3.05, 3.63) is 29.8 Å². The van der Waals surface area contributed by atoms with Gasteiger partial charge >= 0.3 is 0 Å². The van der Waals surface area contributed by atoms with Gasteiger partial charge in [0.25, 0.3) is 5.91 Å². The summed E-state index contributed by atoms with van der Waals surface area (Å²) in [7, 11) is 0. The van der Waals surface area contributed by atoms with Crippen molar-refractivity contribution in [1.82, 2.24) is 10.2 Å². The number of carbonyl (C=O) groups is 1. The summed E-state index contributed by atoms with van der Waals surface area (Å²) in [6.45, 7) is 9.36. The van der Waals surface area contributed by atoms with E-state index in [-0.39, 0.29) is 30.7 Å². The standard InChI is InChI=1S/C21H33N3O.2ClH/c1-3-13-23(4-2)20-9-7-18(8-10-20)21(25)24-14-11-19(12-15-24)22-16-17-5-6-17;;/h7-10,17,19,22H,3-6,11-16H2,1-2H3;2*1H. The molecule has 1 amide bonds. The molecule has 0 unspecified atom stereocenters. The number of hydrogen-bond donors (Lipinski definition) is 1. The van der Waals surface area contributed by atoms with Gasteiger partial charge in [0.1, 0.15) is 0 Å². The predicted molar refractivity (Wildman–Crippen MR) is 119 cm³/mol. The molecule has 1 N–H and O–H groups in total. The number of likely N-dealkylation sites (tertiary alicyclic amines) is 1. The third-order valence-corrected chi connectivity index (χ3v) is 5.53. The van der Waals surface area contributed by atoms with Crippen LogP contribution >= 0.6 is 24.8 Å². The molecule has 1 aromatic carbocycles. The van der Waals surface area contributed by atoms with E-state index in [4.69, 9.17) is 0 Å². The van der Waals surface area contributed by atoms with Crippen molar-refractivity contribution in [3.63, 3.8) is 0 Å². The number of nitrogens with one attached hydrogen (secondary N) is 1. The van der Waals surface area contributed by atoms with Crippen LogP contribution in [0, 0.1) is 5.92 Å². The highest BCUT2D eigenvalue weighted by Crippen LogP contribution is 2.28. The fourth-order valence-corrected chi connectivity index (χ4v) is 3.68. The third-order valence-electron chi connectivity index (χ3n) is 5.53. The number of carbonyl (C=O) groups excluding carboxylic acids is 1. The lowest BCUT2D eigenvalue weighted by Crippen LogP contribution is -2.45. The van der Waals surface area contributed by atoms with Gasteiger partial charge in [-0.2, -0.15) is 0 Å². The van der Waals surface area contributed by atoms with Gasteiger partial charge in [0.2, 0.25) is 0 Å². The SMILES string of the molecule is CCCN(CC)c1ccc(C(=O)N2CCC(NCC3CC3)CC2)cc1.Cl.Cl. The fraction of sp³-hybridized carbons (Fsp3) is 0.667. The largest absolute Gasteiger partial charge is 0.372 e. The summed E-state index contributed by atoms with van der Waals surface area (Å²) in [4.78, 5) is 17.1. The first-order valence-electron chi connectivity index (χ1n) is 10.1. The zero-order valence-corrected chi connectivity index (χ0v) is 18.3. The lowest BCUT2D eigenvalue weighted by Gasteiger charge is -2.32. The van der Waals surface area contributed by atoms with E-state index in [0.717, 1.165) is 56.9 Å². The second-order valence-corrected chi connectivity index (χ2v) is 7.54. The zero-order chi connectivity index (χ0) is 17.6. The lowest BCUT2D eigenvalue weighted by atomic mass is 10.0. The quantitative estimate of drug-likeness (QED) is 0.684. The summed E-state index contributed by atoms with van der Waals surface area (Å²) in [5.74, 6) is 1.11. The molecule has 1 aliphatic heterocycles. The number of nitrogens with zero attached hydrogens (tertiary/aromatic N) is 2. The average molecular weight is 416 g/mol. The van der Waals surface area contributed by atoms with Crippen LogP contribution in [0.25, 0.3) is 0 Å². The summed E-state index contributed by atoms with van der Waals surface area (Å²) in [5, 5.41) is 3.68. The van der Waals surface area contributed by atoms with Crippen LogP contribution in [0.2, 0.25) is 0 Å². The molecule has 0 spiro atoms. The van der Waals surface area contributed by atoms with Crippen LogP contribution in [-0.2, 0) is 0 Å². The minimum atomic E-state index is 0. The van der Waals surface area contributed by atoms with Crippen molar-refractivity contribution in [2.24, 2.45) is 5.92 Å². The van der Waals surface area contributed by atoms with E-state index in [9.17, 15) is 4.79 Å². The maximum Gasteiger partial charge on any atom is 0.253 e. The second kappa shape index (κ2) is 11.8. The van der Waals surface area contributed by atoms with E-state index in [1.165, 1.54) is 25.1 Å². The van der Waals surface area contributed by atoms with E-state index in [1.54, 1.807) is 0 Å². The number of piperidine rings is 1. The lowest BCUT2D eigenvalue weighted by molar-refractivity contribution is 0.0705. The minimum absolute atomic E-state index is 0. The summed E-state index contributed by atoms with van der Waals surface area (Å²) >= 11 is 0. The number of anilines is 1. The van der Waals surface area contributed by atoms with Crippen LogP contribution in [0.5, 0.6) is 0 Å². The van der Waals surface area contributed by atoms with Gasteiger partial charge in [0, 0.05) is 43.5 Å². The Morgan fingerprint density at radius 3 is 2.22 bits per heavy atom. The zero-order valence-electron chi connectivity index (χ0n) is 16.7. The second-order valence-electron chi connectivity index (χ2n) is 7.54. The highest BCUT2D eigenvalue weighted by molar-refractivity contribution is 5.94. The monoisotopic (exact) mass is 415 g/mol. The van der Waals surface area contributed by atoms with Crippen molar-refractivity contribution in [1.29, 1.82) is 0 Å². The van der Waals surface area contributed by atoms with Crippen LogP contribution < -0.4 is 10.2 Å². The van der Waals surface area contributed by atoms with E-state index >= 15 is 0 Å². The maximum atomic E-state index is 12.8. The number of benzene rings is 1. The molecule has 1 saturated carbocycles. The smallest absolute Gasteiger partial charge is 0.253 e. The van der Waals surface area contributed by atoms with Gasteiger partial charge < -0.3 is 15.1 Å². The predicted octanol–water partition coefficient (Wildman–Crippen LogP) is 4.37. The highest BCUT2D eigenvalue weighted by Gasteiger charge is 2.26. The Bertz CT molecular complexity index is 555. The molecular weight excluding hydrogens is 381 g/mol. The molecule has 1 heterocycles. The average Bonchev–Trinajstić information content (AvgIpc) is 3.49. The van der Waals surface area contributed by atoms with E-state index in [0.29, 0.717) is 6.04 Å². The Morgan fingerprint density at radius 2 is 1.70 bits per heavy atom.